The lowest BCUT2D eigenvalue weighted by Crippen LogP contribution is -2.36. The molecule has 0 amide bonds. The maximum absolute atomic E-state index is 17.2. The standard InChI is InChI=1S/C37H47F3N4O4/c1-22-4-6-24(7-5-22)33(38)32-30(23-8-12-37(39,40)13-9-23)31-28(16-36(2,3)17-29(31)47)43-34(32)25-10-14-44(15-11-25)35-41-18-27(19-42-35)48-21-26(46)20-45/h4-7,18-19,23,25-26,29,33,45-47H,8-17,20-21H2,1-3H3/t26-,29?,33?/m1/s1. The van der Waals surface area contributed by atoms with Crippen LogP contribution in [0.2, 0.25) is 0 Å². The summed E-state index contributed by atoms with van der Waals surface area (Å²) in [7, 11) is 0. The quantitative estimate of drug-likeness (QED) is 0.232. The van der Waals surface area contributed by atoms with Crippen molar-refractivity contribution in [1.82, 2.24) is 15.0 Å². The Morgan fingerprint density at radius 2 is 1.62 bits per heavy atom. The Labute approximate surface area is 280 Å². The lowest BCUT2D eigenvalue weighted by Gasteiger charge is -2.41. The molecule has 2 aliphatic carbocycles. The molecule has 3 aromatic rings. The van der Waals surface area contributed by atoms with E-state index in [2.05, 4.69) is 28.7 Å². The number of aromatic nitrogens is 3. The molecule has 2 aromatic heterocycles. The summed E-state index contributed by atoms with van der Waals surface area (Å²) in [6, 6.07) is 7.35. The van der Waals surface area contributed by atoms with E-state index >= 15 is 4.39 Å². The molecule has 3 aliphatic rings. The molecular formula is C37H47F3N4O4. The van der Waals surface area contributed by atoms with Crippen LogP contribution in [0.5, 0.6) is 5.75 Å². The van der Waals surface area contributed by atoms with Crippen molar-refractivity contribution < 1.29 is 33.2 Å². The molecule has 1 aromatic carbocycles. The van der Waals surface area contributed by atoms with Gasteiger partial charge in [0.2, 0.25) is 11.9 Å². The van der Waals surface area contributed by atoms with Gasteiger partial charge in [-0.2, -0.15) is 0 Å². The van der Waals surface area contributed by atoms with Crippen molar-refractivity contribution in [2.75, 3.05) is 31.2 Å². The van der Waals surface area contributed by atoms with Crippen LogP contribution in [0, 0.1) is 12.3 Å². The van der Waals surface area contributed by atoms with Crippen molar-refractivity contribution in [3.05, 3.63) is 75.9 Å². The average molecular weight is 669 g/mol. The van der Waals surface area contributed by atoms with Crippen LogP contribution in [0.3, 0.4) is 0 Å². The summed E-state index contributed by atoms with van der Waals surface area (Å²) in [6.45, 7) is 6.89. The predicted octanol–water partition coefficient (Wildman–Crippen LogP) is 6.65. The molecule has 48 heavy (non-hydrogen) atoms. The molecule has 0 bridgehead atoms. The number of fused-ring (bicyclic) bond motifs is 1. The number of pyridine rings is 1. The molecule has 3 N–H and O–H groups in total. The summed E-state index contributed by atoms with van der Waals surface area (Å²) in [5.74, 6) is -2.20. The van der Waals surface area contributed by atoms with Crippen LogP contribution in [0.4, 0.5) is 19.1 Å². The SMILES string of the molecule is Cc1ccc(C(F)c2c(C3CCN(c4ncc(OC[C@H](O)CO)cn4)CC3)nc3c(c2C2CCC(F)(F)CC2)C(O)CC(C)(C)C3)cc1. The summed E-state index contributed by atoms with van der Waals surface area (Å²) in [5, 5.41) is 30.2. The number of ether oxygens (including phenoxy) is 1. The molecule has 1 saturated carbocycles. The van der Waals surface area contributed by atoms with Crippen LogP contribution < -0.4 is 9.64 Å². The minimum Gasteiger partial charge on any atom is -0.488 e. The number of aliphatic hydroxyl groups excluding tert-OH is 3. The maximum Gasteiger partial charge on any atom is 0.248 e. The van der Waals surface area contributed by atoms with E-state index in [4.69, 9.17) is 14.8 Å². The Morgan fingerprint density at radius 1 is 0.979 bits per heavy atom. The van der Waals surface area contributed by atoms with Gasteiger partial charge in [0.15, 0.2) is 11.9 Å². The van der Waals surface area contributed by atoms with Gasteiger partial charge in [0.05, 0.1) is 30.8 Å². The van der Waals surface area contributed by atoms with E-state index in [0.717, 1.165) is 11.3 Å². The van der Waals surface area contributed by atoms with Gasteiger partial charge in [-0.15, -0.1) is 0 Å². The van der Waals surface area contributed by atoms with Crippen LogP contribution in [0.1, 0.15) is 122 Å². The van der Waals surface area contributed by atoms with E-state index in [-0.39, 0.29) is 49.5 Å². The second kappa shape index (κ2) is 13.9. The minimum absolute atomic E-state index is 0.0711. The average Bonchev–Trinajstić information content (AvgIpc) is 3.06. The molecule has 1 saturated heterocycles. The normalized spacial score (nSPS) is 22.6. The van der Waals surface area contributed by atoms with Crippen LogP contribution >= 0.6 is 0 Å². The molecule has 6 rings (SSSR count). The van der Waals surface area contributed by atoms with Crippen molar-refractivity contribution in [3.63, 3.8) is 0 Å². The van der Waals surface area contributed by atoms with E-state index in [1.807, 2.05) is 19.1 Å². The number of alkyl halides is 3. The maximum atomic E-state index is 17.2. The molecule has 260 valence electrons. The number of piperidine rings is 1. The largest absolute Gasteiger partial charge is 0.488 e. The molecule has 11 heteroatoms. The first kappa shape index (κ1) is 34.6. The fraction of sp³-hybridized carbons (Fsp3) is 0.595. The highest BCUT2D eigenvalue weighted by atomic mass is 19.3. The zero-order valence-corrected chi connectivity index (χ0v) is 28.0. The number of hydrogen-bond donors (Lipinski definition) is 3. The molecule has 2 unspecified atom stereocenters. The van der Waals surface area contributed by atoms with Crippen LogP contribution in [-0.4, -0.2) is 68.6 Å². The van der Waals surface area contributed by atoms with Crippen LogP contribution in [0.25, 0.3) is 0 Å². The fourth-order valence-electron chi connectivity index (χ4n) is 7.76. The zero-order chi connectivity index (χ0) is 34.2. The van der Waals surface area contributed by atoms with Gasteiger partial charge >= 0.3 is 0 Å². The van der Waals surface area contributed by atoms with Gasteiger partial charge in [0, 0.05) is 48.7 Å². The second-order valence-corrected chi connectivity index (χ2v) is 14.8. The topological polar surface area (TPSA) is 112 Å². The van der Waals surface area contributed by atoms with Crippen molar-refractivity contribution in [1.29, 1.82) is 0 Å². The first-order chi connectivity index (χ1) is 22.8. The first-order valence-electron chi connectivity index (χ1n) is 17.2. The summed E-state index contributed by atoms with van der Waals surface area (Å²) < 4.78 is 51.5. The molecule has 0 radical (unpaired) electrons. The number of aryl methyl sites for hydroxylation is 1. The lowest BCUT2D eigenvalue weighted by molar-refractivity contribution is -0.0385. The number of anilines is 1. The highest BCUT2D eigenvalue weighted by Gasteiger charge is 2.43. The summed E-state index contributed by atoms with van der Waals surface area (Å²) in [5.41, 5.74) is 4.60. The number of halogens is 3. The molecular weight excluding hydrogens is 621 g/mol. The van der Waals surface area contributed by atoms with Crippen molar-refractivity contribution >= 4 is 5.95 Å². The monoisotopic (exact) mass is 668 g/mol. The van der Waals surface area contributed by atoms with Gasteiger partial charge in [0.25, 0.3) is 0 Å². The number of rotatable bonds is 9. The van der Waals surface area contributed by atoms with Crippen molar-refractivity contribution in [3.8, 4) is 5.75 Å². The third kappa shape index (κ3) is 7.48. The number of benzene rings is 1. The predicted molar refractivity (Wildman–Crippen MR) is 176 cm³/mol. The molecule has 0 spiro atoms. The van der Waals surface area contributed by atoms with E-state index in [1.165, 1.54) is 12.4 Å². The summed E-state index contributed by atoms with van der Waals surface area (Å²) >= 11 is 0. The second-order valence-electron chi connectivity index (χ2n) is 14.8. The van der Waals surface area contributed by atoms with E-state index in [9.17, 15) is 19.0 Å². The molecule has 3 heterocycles. The van der Waals surface area contributed by atoms with Gasteiger partial charge in [-0.25, -0.2) is 23.1 Å². The Bertz CT molecular complexity index is 1550. The molecule has 8 nitrogen and oxygen atoms in total. The summed E-state index contributed by atoms with van der Waals surface area (Å²) in [4.78, 5) is 16.2. The lowest BCUT2D eigenvalue weighted by atomic mass is 9.68. The smallest absolute Gasteiger partial charge is 0.248 e. The first-order valence-corrected chi connectivity index (χ1v) is 17.2. The van der Waals surface area contributed by atoms with Crippen LogP contribution in [0.15, 0.2) is 36.7 Å². The minimum atomic E-state index is -2.74. The molecule has 2 fully saturated rings. The third-order valence-electron chi connectivity index (χ3n) is 10.3. The highest BCUT2D eigenvalue weighted by molar-refractivity contribution is 5.51. The molecule has 3 atom stereocenters. The third-order valence-corrected chi connectivity index (χ3v) is 10.3. The Balaban J connectivity index is 1.36. The van der Waals surface area contributed by atoms with Gasteiger partial charge < -0.3 is 25.0 Å². The molecule has 1 aliphatic heterocycles. The van der Waals surface area contributed by atoms with Crippen molar-refractivity contribution in [2.24, 2.45) is 5.41 Å². The number of nitrogens with zero attached hydrogens (tertiary/aromatic N) is 4. The highest BCUT2D eigenvalue weighted by Crippen LogP contribution is 2.52. The van der Waals surface area contributed by atoms with Gasteiger partial charge in [-0.1, -0.05) is 43.7 Å². The van der Waals surface area contributed by atoms with Gasteiger partial charge in [-0.05, 0) is 67.9 Å². The summed E-state index contributed by atoms with van der Waals surface area (Å²) in [6.07, 6.45) is 2.14. The number of aliphatic hydroxyl groups is 3. The Morgan fingerprint density at radius 3 is 2.25 bits per heavy atom. The van der Waals surface area contributed by atoms with E-state index < -0.39 is 30.9 Å². The Hall–Kier alpha value is -3.28. The Kier molecular flexibility index (Phi) is 10.0. The number of hydrogen-bond acceptors (Lipinski definition) is 8. The van der Waals surface area contributed by atoms with Crippen molar-refractivity contribution in [2.45, 2.75) is 108 Å². The fourth-order valence-corrected chi connectivity index (χ4v) is 7.76. The van der Waals surface area contributed by atoms with Gasteiger partial charge in [-0.3, -0.25) is 4.98 Å². The van der Waals surface area contributed by atoms with Crippen LogP contribution in [-0.2, 0) is 6.42 Å². The zero-order valence-electron chi connectivity index (χ0n) is 28.0. The van der Waals surface area contributed by atoms with Gasteiger partial charge in [0.1, 0.15) is 12.7 Å². The van der Waals surface area contributed by atoms with E-state index in [0.29, 0.717) is 78.4 Å². The van der Waals surface area contributed by atoms with E-state index in [1.54, 1.807) is 12.1 Å².